The largest absolute Gasteiger partial charge is 0.454 e. The maximum Gasteiger partial charge on any atom is 0.338 e. The quantitative estimate of drug-likeness (QED) is 0.673. The van der Waals surface area contributed by atoms with Crippen molar-refractivity contribution >= 4 is 5.97 Å². The Balaban J connectivity index is 1.69. The number of ether oxygens (including phenoxy) is 1. The van der Waals surface area contributed by atoms with Crippen LogP contribution >= 0.6 is 0 Å². The van der Waals surface area contributed by atoms with Crippen molar-refractivity contribution in [1.82, 2.24) is 9.55 Å². The van der Waals surface area contributed by atoms with Crippen LogP contribution in [0.4, 0.5) is 0 Å². The molecule has 0 saturated carbocycles. The fourth-order valence-electron chi connectivity index (χ4n) is 2.55. The highest BCUT2D eigenvalue weighted by Crippen LogP contribution is 2.24. The molecule has 24 heavy (non-hydrogen) atoms. The van der Waals surface area contributed by atoms with Crippen LogP contribution in [0.15, 0.2) is 58.3 Å². The molecule has 0 saturated heterocycles. The molecule has 1 aliphatic rings. The third kappa shape index (κ3) is 3.17. The molecular weight excluding hydrogens is 310 g/mol. The molecule has 120 valence electrons. The van der Waals surface area contributed by atoms with Crippen LogP contribution in [0.1, 0.15) is 28.4 Å². The third-order valence-electron chi connectivity index (χ3n) is 3.72. The van der Waals surface area contributed by atoms with Gasteiger partial charge in [-0.25, -0.2) is 9.59 Å². The highest BCUT2D eigenvalue weighted by molar-refractivity contribution is 5.90. The van der Waals surface area contributed by atoms with Gasteiger partial charge in [0.25, 0.3) is 5.56 Å². The molecule has 1 aliphatic carbocycles. The maximum absolute atomic E-state index is 12.1. The number of carbonyl (C=O) groups excluding carboxylic acids is 1. The van der Waals surface area contributed by atoms with E-state index in [-0.39, 0.29) is 6.04 Å². The van der Waals surface area contributed by atoms with Gasteiger partial charge in [-0.2, -0.15) is 5.26 Å². The third-order valence-corrected chi connectivity index (χ3v) is 3.72. The lowest BCUT2D eigenvalue weighted by Gasteiger charge is -2.15. The number of aromatic nitrogens is 2. The molecule has 0 spiro atoms. The number of esters is 1. The molecule has 3 rings (SSSR count). The first-order valence-electron chi connectivity index (χ1n) is 7.28. The normalized spacial score (nSPS) is 19.0. The van der Waals surface area contributed by atoms with E-state index in [0.29, 0.717) is 17.5 Å². The molecule has 7 heteroatoms. The summed E-state index contributed by atoms with van der Waals surface area (Å²) in [7, 11) is 0. The molecule has 0 unspecified atom stereocenters. The van der Waals surface area contributed by atoms with Crippen molar-refractivity contribution in [3.63, 3.8) is 0 Å². The predicted octanol–water partition coefficient (Wildman–Crippen LogP) is 1.13. The molecular formula is C17H13N3O4. The first-order valence-corrected chi connectivity index (χ1v) is 7.28. The number of rotatable bonds is 3. The zero-order chi connectivity index (χ0) is 17.1. The Bertz CT molecular complexity index is 965. The summed E-state index contributed by atoms with van der Waals surface area (Å²) in [6.07, 6.45) is 4.79. The van der Waals surface area contributed by atoms with Gasteiger partial charge < -0.3 is 4.74 Å². The minimum absolute atomic E-state index is 0.294. The van der Waals surface area contributed by atoms with E-state index in [0.717, 1.165) is 0 Å². The fourth-order valence-corrected chi connectivity index (χ4v) is 2.55. The highest BCUT2D eigenvalue weighted by atomic mass is 16.5. The Morgan fingerprint density at radius 1 is 1.29 bits per heavy atom. The minimum atomic E-state index is -0.531. The molecule has 7 nitrogen and oxygen atoms in total. The molecule has 0 fully saturated rings. The van der Waals surface area contributed by atoms with Crippen LogP contribution in [0.5, 0.6) is 0 Å². The van der Waals surface area contributed by atoms with Crippen molar-refractivity contribution in [2.75, 3.05) is 0 Å². The zero-order valence-electron chi connectivity index (χ0n) is 12.5. The summed E-state index contributed by atoms with van der Waals surface area (Å²) in [4.78, 5) is 37.2. The molecule has 1 N–H and O–H groups in total. The van der Waals surface area contributed by atoms with Crippen LogP contribution in [0, 0.1) is 11.3 Å². The van der Waals surface area contributed by atoms with Crippen LogP contribution in [0.2, 0.25) is 0 Å². The van der Waals surface area contributed by atoms with Crippen molar-refractivity contribution in [2.45, 2.75) is 18.6 Å². The topological polar surface area (TPSA) is 105 Å². The molecule has 0 amide bonds. The van der Waals surface area contributed by atoms with E-state index in [1.54, 1.807) is 30.4 Å². The SMILES string of the molecule is N#Cc1cccc(C(=O)O[C@@H]2C=C[C@H](n3ccc(=O)[nH]c3=O)C2)c1. The standard InChI is InChI=1S/C17H13N3O4/c18-10-11-2-1-3-12(8-11)16(22)24-14-5-4-13(9-14)20-7-6-15(21)19-17(20)23/h1-8,13-14H,9H2,(H,19,21,23)/t13-,14+/m0/s1. The van der Waals surface area contributed by atoms with Crippen LogP contribution in [0.3, 0.4) is 0 Å². The predicted molar refractivity (Wildman–Crippen MR) is 84.5 cm³/mol. The summed E-state index contributed by atoms with van der Waals surface area (Å²) in [6, 6.07) is 9.19. The molecule has 0 bridgehead atoms. The van der Waals surface area contributed by atoms with E-state index in [9.17, 15) is 14.4 Å². The molecule has 1 aromatic heterocycles. The van der Waals surface area contributed by atoms with Crippen molar-refractivity contribution in [2.24, 2.45) is 0 Å². The number of hydrogen-bond donors (Lipinski definition) is 1. The highest BCUT2D eigenvalue weighted by Gasteiger charge is 2.24. The average molecular weight is 323 g/mol. The van der Waals surface area contributed by atoms with Gasteiger partial charge in [0, 0.05) is 18.7 Å². The number of benzene rings is 1. The number of carbonyl (C=O) groups is 1. The van der Waals surface area contributed by atoms with Gasteiger partial charge in [-0.15, -0.1) is 0 Å². The summed E-state index contributed by atoms with van der Waals surface area (Å²) in [5, 5.41) is 8.86. The Labute approximate surface area is 136 Å². The van der Waals surface area contributed by atoms with E-state index >= 15 is 0 Å². The summed E-state index contributed by atoms with van der Waals surface area (Å²) in [5.41, 5.74) is -0.291. The van der Waals surface area contributed by atoms with Crippen LogP contribution in [-0.4, -0.2) is 21.6 Å². The number of H-pyrrole nitrogens is 1. The summed E-state index contributed by atoms with van der Waals surface area (Å²) in [5.74, 6) is -0.531. The Kier molecular flexibility index (Phi) is 4.12. The summed E-state index contributed by atoms with van der Waals surface area (Å²) >= 11 is 0. The van der Waals surface area contributed by atoms with Gasteiger partial charge in [0.1, 0.15) is 6.10 Å². The number of nitrogens with one attached hydrogen (secondary N) is 1. The van der Waals surface area contributed by atoms with Gasteiger partial charge in [-0.1, -0.05) is 12.1 Å². The number of hydrogen-bond acceptors (Lipinski definition) is 5. The van der Waals surface area contributed by atoms with E-state index in [1.807, 2.05) is 6.07 Å². The second-order valence-electron chi connectivity index (χ2n) is 5.34. The molecule has 2 atom stereocenters. The number of aromatic amines is 1. The van der Waals surface area contributed by atoms with Crippen molar-refractivity contribution in [3.8, 4) is 6.07 Å². The number of nitrogens with zero attached hydrogens (tertiary/aromatic N) is 2. The zero-order valence-corrected chi connectivity index (χ0v) is 12.5. The van der Waals surface area contributed by atoms with Crippen LogP contribution in [-0.2, 0) is 4.74 Å². The van der Waals surface area contributed by atoms with Crippen LogP contribution < -0.4 is 11.2 Å². The molecule has 2 aromatic rings. The second kappa shape index (κ2) is 6.38. The summed E-state index contributed by atoms with van der Waals surface area (Å²) in [6.45, 7) is 0. The molecule has 0 aliphatic heterocycles. The van der Waals surface area contributed by atoms with Gasteiger partial charge in [0.05, 0.1) is 23.2 Å². The monoisotopic (exact) mass is 323 g/mol. The van der Waals surface area contributed by atoms with Gasteiger partial charge >= 0.3 is 11.7 Å². The summed E-state index contributed by atoms with van der Waals surface area (Å²) < 4.78 is 6.77. The van der Waals surface area contributed by atoms with E-state index in [4.69, 9.17) is 10.00 Å². The molecule has 1 heterocycles. The lowest BCUT2D eigenvalue weighted by molar-refractivity contribution is 0.0382. The second-order valence-corrected chi connectivity index (χ2v) is 5.34. The number of allylic oxidation sites excluding steroid dienone is 1. The van der Waals surface area contributed by atoms with Crippen molar-refractivity contribution in [1.29, 1.82) is 5.26 Å². The van der Waals surface area contributed by atoms with Crippen LogP contribution in [0.25, 0.3) is 0 Å². The van der Waals surface area contributed by atoms with Gasteiger partial charge in [0.2, 0.25) is 0 Å². The average Bonchev–Trinajstić information content (AvgIpc) is 3.03. The number of nitriles is 1. The smallest absolute Gasteiger partial charge is 0.338 e. The fraction of sp³-hybridized carbons (Fsp3) is 0.176. The van der Waals surface area contributed by atoms with Gasteiger partial charge in [0.15, 0.2) is 0 Å². The van der Waals surface area contributed by atoms with Gasteiger partial charge in [-0.05, 0) is 24.3 Å². The van der Waals surface area contributed by atoms with E-state index < -0.39 is 23.3 Å². The minimum Gasteiger partial charge on any atom is -0.454 e. The van der Waals surface area contributed by atoms with Crippen molar-refractivity contribution in [3.05, 3.63) is 80.6 Å². The lowest BCUT2D eigenvalue weighted by atomic mass is 10.1. The lowest BCUT2D eigenvalue weighted by Crippen LogP contribution is -2.31. The first kappa shape index (κ1) is 15.5. The first-order chi connectivity index (χ1) is 11.6. The maximum atomic E-state index is 12.1. The van der Waals surface area contributed by atoms with E-state index in [1.165, 1.54) is 22.9 Å². The Morgan fingerprint density at radius 2 is 2.12 bits per heavy atom. The van der Waals surface area contributed by atoms with Gasteiger partial charge in [-0.3, -0.25) is 14.3 Å². The van der Waals surface area contributed by atoms with Crippen molar-refractivity contribution < 1.29 is 9.53 Å². The Hall–Kier alpha value is -3.40. The van der Waals surface area contributed by atoms with E-state index in [2.05, 4.69) is 4.98 Å². The Morgan fingerprint density at radius 3 is 2.88 bits per heavy atom. The molecule has 0 radical (unpaired) electrons. The molecule has 1 aromatic carbocycles.